The van der Waals surface area contributed by atoms with E-state index in [4.69, 9.17) is 14.2 Å². The Hall–Kier alpha value is -3.30. The highest BCUT2D eigenvalue weighted by molar-refractivity contribution is 5.85. The summed E-state index contributed by atoms with van der Waals surface area (Å²) < 4.78 is 164. The molecule has 3 fully saturated rings. The molecule has 3 saturated heterocycles. The van der Waals surface area contributed by atoms with Gasteiger partial charge in [-0.1, -0.05) is 19.4 Å². The first-order chi connectivity index (χ1) is 19.1. The molecule has 3 aromatic rings. The van der Waals surface area contributed by atoms with Crippen molar-refractivity contribution in [1.29, 1.82) is 0 Å². The van der Waals surface area contributed by atoms with Crippen LogP contribution in [-0.4, -0.2) is 26.2 Å². The number of halogens is 10. The maximum Gasteiger partial charge on any atom is 0.573 e. The Morgan fingerprint density at radius 1 is 0.780 bits per heavy atom. The van der Waals surface area contributed by atoms with Crippen LogP contribution in [0.25, 0.3) is 10.8 Å². The zero-order valence-electron chi connectivity index (χ0n) is 20.7. The van der Waals surface area contributed by atoms with Gasteiger partial charge in [-0.05, 0) is 23.9 Å². The van der Waals surface area contributed by atoms with Crippen LogP contribution in [0, 0.1) is 34.5 Å². The van der Waals surface area contributed by atoms with Crippen molar-refractivity contribution in [2.75, 3.05) is 19.8 Å². The molecule has 0 N–H and O–H groups in total. The first-order valence-electron chi connectivity index (χ1n) is 11.9. The first-order valence-corrected chi connectivity index (χ1v) is 11.9. The van der Waals surface area contributed by atoms with E-state index in [1.807, 2.05) is 6.92 Å². The van der Waals surface area contributed by atoms with E-state index >= 15 is 13.2 Å². The van der Waals surface area contributed by atoms with Crippen LogP contribution < -0.4 is 9.47 Å². The minimum atomic E-state index is -5.50. The number of fused-ring (bicyclic) bond motifs is 4. The van der Waals surface area contributed by atoms with Gasteiger partial charge in [-0.3, -0.25) is 0 Å². The van der Waals surface area contributed by atoms with Crippen LogP contribution in [0.4, 0.5) is 43.9 Å². The molecule has 0 amide bonds. The predicted molar refractivity (Wildman–Crippen MR) is 118 cm³/mol. The zero-order chi connectivity index (χ0) is 30.0. The number of hydrogen-bond donors (Lipinski definition) is 0. The maximum atomic E-state index is 15.3. The summed E-state index contributed by atoms with van der Waals surface area (Å²) in [5.74, 6) is -15.1. The van der Waals surface area contributed by atoms with Gasteiger partial charge >= 0.3 is 18.4 Å². The van der Waals surface area contributed by atoms with Crippen LogP contribution >= 0.6 is 0 Å². The Kier molecular flexibility index (Phi) is 7.06. The van der Waals surface area contributed by atoms with Gasteiger partial charge in [0.15, 0.2) is 23.3 Å². The van der Waals surface area contributed by atoms with Gasteiger partial charge in [0.25, 0.3) is 0 Å². The lowest BCUT2D eigenvalue weighted by molar-refractivity contribution is -0.481. The lowest BCUT2D eigenvalue weighted by Crippen LogP contribution is -2.58. The van der Waals surface area contributed by atoms with E-state index in [0.29, 0.717) is 12.5 Å². The molecular weight excluding hydrogens is 582 g/mol. The molecule has 3 aliphatic rings. The van der Waals surface area contributed by atoms with E-state index in [2.05, 4.69) is 9.47 Å². The molecule has 41 heavy (non-hydrogen) atoms. The second kappa shape index (κ2) is 9.91. The van der Waals surface area contributed by atoms with Gasteiger partial charge in [0.2, 0.25) is 5.75 Å². The SMILES string of the molecule is CCCC12COC(c3cc4ccc(C(F)(F)Oc5cc(F)c(OC(F)(F)F)c(F)c5)c(F)c4c(F)c3F)(OC1)OC2. The molecule has 0 aliphatic carbocycles. The summed E-state index contributed by atoms with van der Waals surface area (Å²) in [6.07, 6.45) is -8.82. The average molecular weight is 600 g/mol. The van der Waals surface area contributed by atoms with E-state index in [-0.39, 0.29) is 32.0 Å². The first kappa shape index (κ1) is 29.2. The molecule has 3 aliphatic heterocycles. The summed E-state index contributed by atoms with van der Waals surface area (Å²) in [6, 6.07) is 2.02. The molecule has 0 atom stereocenters. The van der Waals surface area contributed by atoms with E-state index in [1.165, 1.54) is 0 Å². The Bertz CT molecular complexity index is 1460. The Labute approximate surface area is 224 Å². The van der Waals surface area contributed by atoms with Gasteiger partial charge in [-0.25, -0.2) is 22.0 Å². The second-order valence-corrected chi connectivity index (χ2v) is 9.63. The lowest BCUT2D eigenvalue weighted by atomic mass is 9.83. The Morgan fingerprint density at radius 2 is 1.37 bits per heavy atom. The highest BCUT2D eigenvalue weighted by atomic mass is 19.4. The fourth-order valence-corrected chi connectivity index (χ4v) is 4.81. The smallest absolute Gasteiger partial charge is 0.429 e. The monoisotopic (exact) mass is 600 g/mol. The summed E-state index contributed by atoms with van der Waals surface area (Å²) in [5.41, 5.74) is -2.74. The molecule has 0 saturated carbocycles. The molecule has 5 nitrogen and oxygen atoms in total. The summed E-state index contributed by atoms with van der Waals surface area (Å²) >= 11 is 0. The molecule has 15 heteroatoms. The number of alkyl halides is 5. The topological polar surface area (TPSA) is 46.2 Å². The third kappa shape index (κ3) is 5.14. The van der Waals surface area contributed by atoms with Crippen LogP contribution in [0.5, 0.6) is 11.5 Å². The molecule has 6 rings (SSSR count). The van der Waals surface area contributed by atoms with E-state index in [1.54, 1.807) is 0 Å². The fourth-order valence-electron chi connectivity index (χ4n) is 4.81. The largest absolute Gasteiger partial charge is 0.573 e. The number of ether oxygens (including phenoxy) is 5. The number of benzene rings is 3. The number of hydrogen-bond acceptors (Lipinski definition) is 5. The predicted octanol–water partition coefficient (Wildman–Crippen LogP) is 7.54. The lowest BCUT2D eigenvalue weighted by Gasteiger charge is -2.51. The maximum absolute atomic E-state index is 15.3. The van der Waals surface area contributed by atoms with Crippen molar-refractivity contribution in [1.82, 2.24) is 0 Å². The average Bonchev–Trinajstić information content (AvgIpc) is 2.88. The summed E-state index contributed by atoms with van der Waals surface area (Å²) in [7, 11) is 0. The Morgan fingerprint density at radius 3 is 1.90 bits per heavy atom. The second-order valence-electron chi connectivity index (χ2n) is 9.63. The number of rotatable bonds is 7. The van der Waals surface area contributed by atoms with Crippen molar-refractivity contribution >= 4 is 10.8 Å². The van der Waals surface area contributed by atoms with E-state index in [0.717, 1.165) is 18.6 Å². The Balaban J connectivity index is 1.48. The van der Waals surface area contributed by atoms with Crippen LogP contribution in [-0.2, 0) is 26.3 Å². The quantitative estimate of drug-likeness (QED) is 0.263. The third-order valence-corrected chi connectivity index (χ3v) is 6.69. The van der Waals surface area contributed by atoms with Gasteiger partial charge in [0.05, 0.1) is 30.8 Å². The summed E-state index contributed by atoms with van der Waals surface area (Å²) in [4.78, 5) is 0. The van der Waals surface area contributed by atoms with Crippen LogP contribution in [0.1, 0.15) is 30.9 Å². The molecule has 222 valence electrons. The van der Waals surface area contributed by atoms with Crippen molar-refractivity contribution < 1.29 is 67.6 Å². The molecule has 0 spiro atoms. The standard InChI is InChI=1S/C26H18F10O5/c1-2-5-23-9-37-25(38-10-23,39-11-23)15-6-12-3-4-14(19(29)18(12)21(31)20(15)30)24(32,33)40-13-7-16(27)22(17(28)8-13)41-26(34,35)36/h3-4,6-8H,2,5,9-11H2,1H3. The molecule has 2 bridgehead atoms. The van der Waals surface area contributed by atoms with Crippen LogP contribution in [0.3, 0.4) is 0 Å². The molecule has 0 radical (unpaired) electrons. The van der Waals surface area contributed by atoms with E-state index < -0.39 is 86.3 Å². The molecular formula is C26H18F10O5. The van der Waals surface area contributed by atoms with Gasteiger partial charge in [0, 0.05) is 17.5 Å². The minimum absolute atomic E-state index is 0.0631. The van der Waals surface area contributed by atoms with Crippen molar-refractivity contribution in [2.24, 2.45) is 5.41 Å². The molecule has 0 unspecified atom stereocenters. The molecule has 3 aromatic carbocycles. The van der Waals surface area contributed by atoms with Gasteiger partial charge in [0.1, 0.15) is 17.1 Å². The van der Waals surface area contributed by atoms with Crippen LogP contribution in [0.15, 0.2) is 30.3 Å². The molecule has 3 heterocycles. The van der Waals surface area contributed by atoms with Gasteiger partial charge in [-0.2, -0.15) is 8.78 Å². The highest BCUT2D eigenvalue weighted by Gasteiger charge is 2.55. The fraction of sp³-hybridized carbons (Fsp3) is 0.385. The summed E-state index contributed by atoms with van der Waals surface area (Å²) in [5, 5.41) is -1.62. The summed E-state index contributed by atoms with van der Waals surface area (Å²) in [6.45, 7) is 2.23. The van der Waals surface area contributed by atoms with Crippen LogP contribution in [0.2, 0.25) is 0 Å². The van der Waals surface area contributed by atoms with Gasteiger partial charge < -0.3 is 23.7 Å². The minimum Gasteiger partial charge on any atom is -0.429 e. The van der Waals surface area contributed by atoms with Crippen molar-refractivity contribution in [3.63, 3.8) is 0 Å². The normalized spacial score (nSPS) is 22.8. The van der Waals surface area contributed by atoms with Crippen molar-refractivity contribution in [3.05, 3.63) is 70.5 Å². The van der Waals surface area contributed by atoms with E-state index in [9.17, 15) is 30.7 Å². The third-order valence-electron chi connectivity index (χ3n) is 6.69. The zero-order valence-corrected chi connectivity index (χ0v) is 20.7. The van der Waals surface area contributed by atoms with Gasteiger partial charge in [-0.15, -0.1) is 13.2 Å². The van der Waals surface area contributed by atoms with Crippen molar-refractivity contribution in [2.45, 2.75) is 38.2 Å². The molecule has 0 aromatic heterocycles. The van der Waals surface area contributed by atoms with Crippen molar-refractivity contribution in [3.8, 4) is 11.5 Å². The highest BCUT2D eigenvalue weighted by Crippen LogP contribution is 2.48.